The van der Waals surface area contributed by atoms with Crippen molar-refractivity contribution >= 4 is 17.8 Å². The van der Waals surface area contributed by atoms with Gasteiger partial charge in [0.2, 0.25) is 5.91 Å². The van der Waals surface area contributed by atoms with E-state index in [1.165, 1.54) is 0 Å². The first kappa shape index (κ1) is 26.9. The van der Waals surface area contributed by atoms with Crippen LogP contribution in [-0.4, -0.2) is 69.1 Å². The second-order valence-electron chi connectivity index (χ2n) is 8.00. The van der Waals surface area contributed by atoms with E-state index in [-0.39, 0.29) is 12.8 Å². The molecule has 1 unspecified atom stereocenters. The third-order valence-corrected chi connectivity index (χ3v) is 5.26. The zero-order valence-corrected chi connectivity index (χ0v) is 18.6. The Morgan fingerprint density at radius 2 is 1.47 bits per heavy atom. The summed E-state index contributed by atoms with van der Waals surface area (Å²) in [7, 11) is 0. The predicted molar refractivity (Wildman–Crippen MR) is 123 cm³/mol. The molecule has 0 saturated heterocycles. The number of hydrogen-bond acceptors (Lipinski definition) is 7. The topological polar surface area (TPSA) is 182 Å². The van der Waals surface area contributed by atoms with Gasteiger partial charge >= 0.3 is 5.97 Å². The molecule has 10 heteroatoms. The molecule has 0 aromatic heterocycles. The molecule has 2 aromatic rings. The van der Waals surface area contributed by atoms with Gasteiger partial charge in [-0.2, -0.15) is 0 Å². The van der Waals surface area contributed by atoms with E-state index in [4.69, 9.17) is 10.8 Å². The van der Waals surface area contributed by atoms with Crippen LogP contribution in [0.4, 0.5) is 0 Å². The molecule has 5 atom stereocenters. The van der Waals surface area contributed by atoms with Gasteiger partial charge in [-0.3, -0.25) is 14.4 Å². The second-order valence-corrected chi connectivity index (χ2v) is 8.00. The molecule has 34 heavy (non-hydrogen) atoms. The van der Waals surface area contributed by atoms with E-state index in [0.717, 1.165) is 5.56 Å². The number of aliphatic carboxylic acids is 1. The minimum absolute atomic E-state index is 0.267. The van der Waals surface area contributed by atoms with Crippen molar-refractivity contribution in [3.63, 3.8) is 0 Å². The van der Waals surface area contributed by atoms with Gasteiger partial charge in [0.25, 0.3) is 5.91 Å². The van der Waals surface area contributed by atoms with Gasteiger partial charge in [-0.1, -0.05) is 60.7 Å². The fourth-order valence-electron chi connectivity index (χ4n) is 3.41. The number of carboxylic acid groups (broad SMARTS) is 1. The SMILES string of the molecule is N[C@@H](Cc1ccccc1)C(=O)NC(CO)C[C@@H](O)[C@H](O)C(=O)N[C@@H](CC(=O)O)c1ccccc1. The number of rotatable bonds is 13. The summed E-state index contributed by atoms with van der Waals surface area (Å²) in [5.41, 5.74) is 7.30. The molecule has 0 saturated carbocycles. The molecule has 0 fully saturated rings. The van der Waals surface area contributed by atoms with Gasteiger partial charge in [0.15, 0.2) is 6.10 Å². The average molecular weight is 474 g/mol. The number of nitrogens with one attached hydrogen (secondary N) is 2. The summed E-state index contributed by atoms with van der Waals surface area (Å²) in [5, 5.41) is 44.3. The summed E-state index contributed by atoms with van der Waals surface area (Å²) in [6.07, 6.45) is -4.03. The highest BCUT2D eigenvalue weighted by Crippen LogP contribution is 2.17. The van der Waals surface area contributed by atoms with Gasteiger partial charge in [-0.25, -0.2) is 0 Å². The number of carbonyl (C=O) groups is 3. The normalized spacial score (nSPS) is 15.4. The molecular formula is C24H31N3O7. The van der Waals surface area contributed by atoms with E-state index in [9.17, 15) is 29.7 Å². The van der Waals surface area contributed by atoms with Gasteiger partial charge in [0.1, 0.15) is 0 Å². The minimum Gasteiger partial charge on any atom is -0.481 e. The van der Waals surface area contributed by atoms with Crippen molar-refractivity contribution < 1.29 is 34.8 Å². The third kappa shape index (κ3) is 8.56. The Morgan fingerprint density at radius 1 is 0.882 bits per heavy atom. The zero-order valence-electron chi connectivity index (χ0n) is 18.6. The highest BCUT2D eigenvalue weighted by Gasteiger charge is 2.30. The number of aliphatic hydroxyl groups excluding tert-OH is 3. The molecule has 0 aliphatic rings. The van der Waals surface area contributed by atoms with Crippen LogP contribution in [0.1, 0.15) is 30.0 Å². The molecule has 0 aliphatic heterocycles. The van der Waals surface area contributed by atoms with Crippen LogP contribution < -0.4 is 16.4 Å². The monoisotopic (exact) mass is 473 g/mol. The predicted octanol–water partition coefficient (Wildman–Crippen LogP) is -0.522. The highest BCUT2D eigenvalue weighted by atomic mass is 16.4. The Morgan fingerprint density at radius 3 is 2.03 bits per heavy atom. The Bertz CT molecular complexity index is 927. The summed E-state index contributed by atoms with van der Waals surface area (Å²) >= 11 is 0. The molecule has 2 amide bonds. The van der Waals surface area contributed by atoms with Gasteiger partial charge in [0, 0.05) is 0 Å². The number of hydrogen-bond donors (Lipinski definition) is 7. The van der Waals surface area contributed by atoms with E-state index >= 15 is 0 Å². The van der Waals surface area contributed by atoms with Crippen molar-refractivity contribution in [2.75, 3.05) is 6.61 Å². The van der Waals surface area contributed by atoms with Crippen LogP contribution in [0.25, 0.3) is 0 Å². The van der Waals surface area contributed by atoms with E-state index in [0.29, 0.717) is 5.56 Å². The van der Waals surface area contributed by atoms with Crippen molar-refractivity contribution in [3.8, 4) is 0 Å². The second kappa shape index (κ2) is 13.4. The Kier molecular flexibility index (Phi) is 10.6. The van der Waals surface area contributed by atoms with Crippen molar-refractivity contribution in [1.29, 1.82) is 0 Å². The van der Waals surface area contributed by atoms with E-state index in [1.807, 2.05) is 30.3 Å². The molecule has 2 aromatic carbocycles. The van der Waals surface area contributed by atoms with Crippen LogP contribution in [0.15, 0.2) is 60.7 Å². The van der Waals surface area contributed by atoms with E-state index < -0.39 is 61.1 Å². The maximum absolute atomic E-state index is 12.5. The number of carbonyl (C=O) groups excluding carboxylic acids is 2. The van der Waals surface area contributed by atoms with Gasteiger partial charge in [-0.15, -0.1) is 0 Å². The quantitative estimate of drug-likeness (QED) is 0.203. The number of nitrogens with two attached hydrogens (primary N) is 1. The molecule has 8 N–H and O–H groups in total. The summed E-state index contributed by atoms with van der Waals surface area (Å²) in [5.74, 6) is -2.69. The molecule has 0 bridgehead atoms. The Labute approximate surface area is 197 Å². The van der Waals surface area contributed by atoms with Gasteiger partial charge in [-0.05, 0) is 24.0 Å². The van der Waals surface area contributed by atoms with E-state index in [2.05, 4.69) is 10.6 Å². The zero-order chi connectivity index (χ0) is 25.1. The average Bonchev–Trinajstić information content (AvgIpc) is 2.83. The maximum atomic E-state index is 12.5. The molecule has 0 radical (unpaired) electrons. The van der Waals surface area contributed by atoms with Gasteiger partial charge in [0.05, 0.1) is 37.3 Å². The van der Waals surface area contributed by atoms with Crippen LogP contribution in [0.2, 0.25) is 0 Å². The van der Waals surface area contributed by atoms with Crippen LogP contribution in [0, 0.1) is 0 Å². The lowest BCUT2D eigenvalue weighted by Gasteiger charge is -2.25. The number of amides is 2. The van der Waals surface area contributed by atoms with Gasteiger partial charge < -0.3 is 36.8 Å². The van der Waals surface area contributed by atoms with E-state index in [1.54, 1.807) is 30.3 Å². The maximum Gasteiger partial charge on any atom is 0.305 e. The molecule has 0 spiro atoms. The first-order valence-corrected chi connectivity index (χ1v) is 10.8. The molecule has 184 valence electrons. The Hall–Kier alpha value is -3.31. The molecule has 10 nitrogen and oxygen atoms in total. The lowest BCUT2D eigenvalue weighted by molar-refractivity contribution is -0.139. The molecular weight excluding hydrogens is 442 g/mol. The van der Waals surface area contributed by atoms with Crippen molar-refractivity contribution in [1.82, 2.24) is 10.6 Å². The highest BCUT2D eigenvalue weighted by molar-refractivity contribution is 5.83. The number of benzene rings is 2. The summed E-state index contributed by atoms with van der Waals surface area (Å²) in [6.45, 7) is -0.555. The van der Waals surface area contributed by atoms with Crippen LogP contribution in [0.3, 0.4) is 0 Å². The molecule has 0 aliphatic carbocycles. The molecule has 2 rings (SSSR count). The fourth-order valence-corrected chi connectivity index (χ4v) is 3.41. The first-order chi connectivity index (χ1) is 16.2. The first-order valence-electron chi connectivity index (χ1n) is 10.8. The van der Waals surface area contributed by atoms with Crippen LogP contribution in [0.5, 0.6) is 0 Å². The minimum atomic E-state index is -1.91. The Balaban J connectivity index is 1.93. The van der Waals surface area contributed by atoms with Crippen LogP contribution >= 0.6 is 0 Å². The van der Waals surface area contributed by atoms with Crippen molar-refractivity contribution in [3.05, 3.63) is 71.8 Å². The lowest BCUT2D eigenvalue weighted by atomic mass is 10.0. The number of aliphatic hydroxyl groups is 3. The summed E-state index contributed by atoms with van der Waals surface area (Å²) in [6, 6.07) is 14.7. The third-order valence-electron chi connectivity index (χ3n) is 5.26. The smallest absolute Gasteiger partial charge is 0.305 e. The molecule has 0 heterocycles. The lowest BCUT2D eigenvalue weighted by Crippen LogP contribution is -2.51. The summed E-state index contributed by atoms with van der Waals surface area (Å²) < 4.78 is 0. The largest absolute Gasteiger partial charge is 0.481 e. The number of carboxylic acids is 1. The van der Waals surface area contributed by atoms with Crippen molar-refractivity contribution in [2.24, 2.45) is 5.73 Å². The summed E-state index contributed by atoms with van der Waals surface area (Å²) in [4.78, 5) is 36.0. The fraction of sp³-hybridized carbons (Fsp3) is 0.375. The standard InChI is InChI=1S/C24H31N3O7/c25-18(11-15-7-3-1-4-8-15)23(33)26-17(14-28)12-20(29)22(32)24(34)27-19(13-21(30)31)16-9-5-2-6-10-16/h1-10,17-20,22,28-29,32H,11-14,25H2,(H,26,33)(H,27,34)(H,30,31)/t17?,18-,19-,20+,22-/m0/s1. The van der Waals surface area contributed by atoms with Crippen LogP contribution in [-0.2, 0) is 20.8 Å². The van der Waals surface area contributed by atoms with Crippen molar-refractivity contribution in [2.45, 2.75) is 49.6 Å².